The number of anilines is 2. The second-order valence-corrected chi connectivity index (χ2v) is 5.28. The second kappa shape index (κ2) is 6.52. The maximum absolute atomic E-state index is 12.3. The van der Waals surface area contributed by atoms with E-state index in [0.29, 0.717) is 5.56 Å². The average Bonchev–Trinajstić information content (AvgIpc) is 2.42. The summed E-state index contributed by atoms with van der Waals surface area (Å²) >= 11 is 3.36. The second-order valence-electron chi connectivity index (χ2n) is 4.36. The maximum atomic E-state index is 12.3. The molecule has 2 rings (SSSR count). The Bertz CT molecular complexity index is 611. The first kappa shape index (κ1) is 14.5. The number of aryl methyl sites for hydroxylation is 1. The third kappa shape index (κ3) is 3.57. The highest BCUT2D eigenvalue weighted by Crippen LogP contribution is 2.19. The summed E-state index contributed by atoms with van der Waals surface area (Å²) < 4.78 is 0.973. The molecule has 0 aliphatic heterocycles. The molecule has 1 amide bonds. The molecule has 0 spiro atoms. The van der Waals surface area contributed by atoms with Crippen molar-refractivity contribution >= 4 is 33.2 Å². The van der Waals surface area contributed by atoms with Gasteiger partial charge in [0, 0.05) is 28.6 Å². The Hall–Kier alpha value is -1.88. The summed E-state index contributed by atoms with van der Waals surface area (Å²) in [6, 6.07) is 9.33. The van der Waals surface area contributed by atoms with Gasteiger partial charge in [0.05, 0.1) is 11.3 Å². The lowest BCUT2D eigenvalue weighted by atomic mass is 10.2. The van der Waals surface area contributed by atoms with Gasteiger partial charge >= 0.3 is 0 Å². The van der Waals surface area contributed by atoms with Crippen LogP contribution in [0.25, 0.3) is 0 Å². The van der Waals surface area contributed by atoms with E-state index in [0.717, 1.165) is 28.1 Å². The molecule has 4 nitrogen and oxygen atoms in total. The van der Waals surface area contributed by atoms with Crippen molar-refractivity contribution in [2.24, 2.45) is 0 Å². The van der Waals surface area contributed by atoms with Crippen LogP contribution in [0.2, 0.25) is 0 Å². The number of nitrogens with one attached hydrogen (secondary N) is 2. The minimum absolute atomic E-state index is 0.171. The number of pyridine rings is 1. The van der Waals surface area contributed by atoms with E-state index in [-0.39, 0.29) is 5.91 Å². The molecule has 2 N–H and O–H groups in total. The molecule has 104 valence electrons. The van der Waals surface area contributed by atoms with Gasteiger partial charge in [-0.05, 0) is 44.2 Å². The molecule has 0 fully saturated rings. The highest BCUT2D eigenvalue weighted by atomic mass is 79.9. The van der Waals surface area contributed by atoms with Gasteiger partial charge in [0.2, 0.25) is 0 Å². The van der Waals surface area contributed by atoms with E-state index < -0.39 is 0 Å². The quantitative estimate of drug-likeness (QED) is 0.893. The molecular formula is C15H16BrN3O. The SMILES string of the molecule is CCNc1cc(C)ncc1C(=O)Nc1ccc(Br)cc1. The fraction of sp³-hybridized carbons (Fsp3) is 0.200. The summed E-state index contributed by atoms with van der Waals surface area (Å²) in [5, 5.41) is 6.05. The Morgan fingerprint density at radius 1 is 1.30 bits per heavy atom. The summed E-state index contributed by atoms with van der Waals surface area (Å²) in [7, 11) is 0. The van der Waals surface area contributed by atoms with E-state index in [1.165, 1.54) is 0 Å². The highest BCUT2D eigenvalue weighted by Gasteiger charge is 2.12. The molecule has 0 aliphatic carbocycles. The largest absolute Gasteiger partial charge is 0.385 e. The Morgan fingerprint density at radius 3 is 2.65 bits per heavy atom. The molecule has 1 aromatic carbocycles. The first-order chi connectivity index (χ1) is 9.60. The molecule has 1 aromatic heterocycles. The number of benzene rings is 1. The summed E-state index contributed by atoms with van der Waals surface area (Å²) in [6.45, 7) is 4.64. The van der Waals surface area contributed by atoms with Gasteiger partial charge < -0.3 is 10.6 Å². The van der Waals surface area contributed by atoms with E-state index in [9.17, 15) is 4.79 Å². The molecule has 0 unspecified atom stereocenters. The molecule has 0 saturated carbocycles. The number of halogens is 1. The van der Waals surface area contributed by atoms with Crippen LogP contribution in [0.1, 0.15) is 23.0 Å². The van der Waals surface area contributed by atoms with Gasteiger partial charge in [-0.1, -0.05) is 15.9 Å². The maximum Gasteiger partial charge on any atom is 0.259 e. The number of rotatable bonds is 4. The van der Waals surface area contributed by atoms with Crippen molar-refractivity contribution < 1.29 is 4.79 Å². The molecule has 0 bridgehead atoms. The van der Waals surface area contributed by atoms with Crippen LogP contribution in [0.15, 0.2) is 41.0 Å². The van der Waals surface area contributed by atoms with Gasteiger partial charge in [0.1, 0.15) is 0 Å². The predicted molar refractivity (Wildman–Crippen MR) is 85.2 cm³/mol. The summed E-state index contributed by atoms with van der Waals surface area (Å²) in [6.07, 6.45) is 1.60. The molecule has 0 radical (unpaired) electrons. The third-order valence-corrected chi connectivity index (χ3v) is 3.28. The topological polar surface area (TPSA) is 54.0 Å². The Labute approximate surface area is 126 Å². The normalized spacial score (nSPS) is 10.2. The Balaban J connectivity index is 2.22. The van der Waals surface area contributed by atoms with Crippen molar-refractivity contribution in [2.75, 3.05) is 17.2 Å². The molecule has 5 heteroatoms. The van der Waals surface area contributed by atoms with Crippen molar-refractivity contribution in [2.45, 2.75) is 13.8 Å². The van der Waals surface area contributed by atoms with Crippen LogP contribution in [0, 0.1) is 6.92 Å². The standard InChI is InChI=1S/C15H16BrN3O/c1-3-17-14-8-10(2)18-9-13(14)15(20)19-12-6-4-11(16)5-7-12/h4-9H,3H2,1-2H3,(H,17,18)(H,19,20). The number of carbonyl (C=O) groups is 1. The lowest BCUT2D eigenvalue weighted by Crippen LogP contribution is -2.15. The number of aromatic nitrogens is 1. The predicted octanol–water partition coefficient (Wildman–Crippen LogP) is 3.84. The minimum atomic E-state index is -0.171. The van der Waals surface area contributed by atoms with Gasteiger partial charge in [-0.3, -0.25) is 9.78 Å². The number of carbonyl (C=O) groups excluding carboxylic acids is 1. The van der Waals surface area contributed by atoms with E-state index in [1.807, 2.05) is 44.2 Å². The van der Waals surface area contributed by atoms with Crippen LogP contribution >= 0.6 is 15.9 Å². The Morgan fingerprint density at radius 2 is 2.00 bits per heavy atom. The van der Waals surface area contributed by atoms with E-state index in [1.54, 1.807) is 6.20 Å². The molecule has 0 aliphatic rings. The zero-order valence-corrected chi connectivity index (χ0v) is 13.0. The monoisotopic (exact) mass is 333 g/mol. The molecule has 20 heavy (non-hydrogen) atoms. The third-order valence-electron chi connectivity index (χ3n) is 2.75. The molecule has 0 saturated heterocycles. The van der Waals surface area contributed by atoms with Crippen molar-refractivity contribution in [1.29, 1.82) is 0 Å². The number of amides is 1. The first-order valence-electron chi connectivity index (χ1n) is 6.37. The van der Waals surface area contributed by atoms with Gasteiger partial charge in [0.15, 0.2) is 0 Å². The summed E-state index contributed by atoms with van der Waals surface area (Å²) in [5.74, 6) is -0.171. The van der Waals surface area contributed by atoms with Crippen LogP contribution in [-0.2, 0) is 0 Å². The van der Waals surface area contributed by atoms with Gasteiger partial charge in [-0.2, -0.15) is 0 Å². The van der Waals surface area contributed by atoms with Gasteiger partial charge in [-0.15, -0.1) is 0 Å². The van der Waals surface area contributed by atoms with E-state index in [4.69, 9.17) is 0 Å². The first-order valence-corrected chi connectivity index (χ1v) is 7.17. The molecule has 2 aromatic rings. The van der Waals surface area contributed by atoms with Gasteiger partial charge in [0.25, 0.3) is 5.91 Å². The number of hydrogen-bond donors (Lipinski definition) is 2. The zero-order valence-electron chi connectivity index (χ0n) is 11.4. The van der Waals surface area contributed by atoms with Crippen LogP contribution in [0.3, 0.4) is 0 Å². The fourth-order valence-electron chi connectivity index (χ4n) is 1.81. The molecule has 1 heterocycles. The van der Waals surface area contributed by atoms with Crippen LogP contribution < -0.4 is 10.6 Å². The van der Waals surface area contributed by atoms with Crippen molar-refractivity contribution in [3.05, 3.63) is 52.3 Å². The zero-order chi connectivity index (χ0) is 14.5. The highest BCUT2D eigenvalue weighted by molar-refractivity contribution is 9.10. The summed E-state index contributed by atoms with van der Waals surface area (Å²) in [5.41, 5.74) is 2.97. The average molecular weight is 334 g/mol. The van der Waals surface area contributed by atoms with Crippen molar-refractivity contribution in [3.8, 4) is 0 Å². The summed E-state index contributed by atoms with van der Waals surface area (Å²) in [4.78, 5) is 16.5. The van der Waals surface area contributed by atoms with Gasteiger partial charge in [-0.25, -0.2) is 0 Å². The van der Waals surface area contributed by atoms with Crippen LogP contribution in [0.5, 0.6) is 0 Å². The van der Waals surface area contributed by atoms with Crippen LogP contribution in [0.4, 0.5) is 11.4 Å². The number of nitrogens with zero attached hydrogens (tertiary/aromatic N) is 1. The van der Waals surface area contributed by atoms with Crippen molar-refractivity contribution in [3.63, 3.8) is 0 Å². The van der Waals surface area contributed by atoms with E-state index >= 15 is 0 Å². The minimum Gasteiger partial charge on any atom is -0.385 e. The van der Waals surface area contributed by atoms with Crippen molar-refractivity contribution in [1.82, 2.24) is 4.98 Å². The Kier molecular flexibility index (Phi) is 4.74. The van der Waals surface area contributed by atoms with Crippen LogP contribution in [-0.4, -0.2) is 17.4 Å². The fourth-order valence-corrected chi connectivity index (χ4v) is 2.07. The lowest BCUT2D eigenvalue weighted by Gasteiger charge is -2.11. The number of hydrogen-bond acceptors (Lipinski definition) is 3. The lowest BCUT2D eigenvalue weighted by molar-refractivity contribution is 0.102. The molecule has 0 atom stereocenters. The smallest absolute Gasteiger partial charge is 0.259 e. The van der Waals surface area contributed by atoms with E-state index in [2.05, 4.69) is 31.5 Å². The molecular weight excluding hydrogens is 318 g/mol.